The number of carbonyl (C=O) groups is 1. The smallest absolute Gasteiger partial charge is 0.318 e. The Kier molecular flexibility index (Phi) is 8.18. The predicted octanol–water partition coefficient (Wildman–Crippen LogP) is 4.44. The number of benzene rings is 2. The van der Waals surface area contributed by atoms with E-state index in [-0.39, 0.29) is 18.4 Å². The third-order valence-electron chi connectivity index (χ3n) is 8.83. The molecule has 218 valence electrons. The molecule has 6 rings (SSSR count). The highest BCUT2D eigenvalue weighted by molar-refractivity contribution is 6.31. The van der Waals surface area contributed by atoms with Crippen LogP contribution in [0.2, 0.25) is 5.02 Å². The number of halogens is 1. The number of hydrogen-bond donors (Lipinski definition) is 0. The van der Waals surface area contributed by atoms with E-state index in [4.69, 9.17) is 26.3 Å². The first-order valence-electron chi connectivity index (χ1n) is 14.7. The highest BCUT2D eigenvalue weighted by Crippen LogP contribution is 2.35. The Hall–Kier alpha value is -3.87. The molecule has 2 aromatic carbocycles. The summed E-state index contributed by atoms with van der Waals surface area (Å²) in [7, 11) is 2.13. The van der Waals surface area contributed by atoms with Crippen LogP contribution >= 0.6 is 11.6 Å². The van der Waals surface area contributed by atoms with Crippen molar-refractivity contribution in [1.29, 1.82) is 5.26 Å². The summed E-state index contributed by atoms with van der Waals surface area (Å²) in [6, 6.07) is 15.1. The van der Waals surface area contributed by atoms with E-state index in [1.54, 1.807) is 4.90 Å². The lowest BCUT2D eigenvalue weighted by molar-refractivity contribution is -0.128. The number of ether oxygens (including phenoxy) is 1. The Morgan fingerprint density at radius 2 is 2.05 bits per heavy atom. The van der Waals surface area contributed by atoms with Crippen LogP contribution in [0.4, 0.5) is 11.5 Å². The maximum absolute atomic E-state index is 12.5. The van der Waals surface area contributed by atoms with Gasteiger partial charge in [-0.1, -0.05) is 36.4 Å². The number of nitriles is 1. The van der Waals surface area contributed by atoms with Crippen molar-refractivity contribution >= 4 is 39.8 Å². The zero-order valence-electron chi connectivity index (χ0n) is 24.0. The Labute approximate surface area is 251 Å². The van der Waals surface area contributed by atoms with Crippen molar-refractivity contribution in [2.75, 3.05) is 56.2 Å². The summed E-state index contributed by atoms with van der Waals surface area (Å²) >= 11 is 6.40. The summed E-state index contributed by atoms with van der Waals surface area (Å²) in [4.78, 5) is 31.1. The van der Waals surface area contributed by atoms with Crippen molar-refractivity contribution < 1.29 is 9.53 Å². The first-order valence-corrected chi connectivity index (χ1v) is 15.0. The van der Waals surface area contributed by atoms with E-state index in [0.29, 0.717) is 49.9 Å². The molecular weight excluding hydrogens is 550 g/mol. The molecule has 3 aliphatic rings. The van der Waals surface area contributed by atoms with Gasteiger partial charge in [0.2, 0.25) is 5.91 Å². The van der Waals surface area contributed by atoms with Crippen LogP contribution < -0.4 is 14.5 Å². The minimum Gasteiger partial charge on any atom is -0.462 e. The standard InChI is InChI=1S/C32H36ClN7O2/c1-3-30(41)40-17-16-39(19-24(40)11-13-34)31-26-12-15-38(29-8-4-6-22-9-10-23(33)18-27(22)29)20-28(26)35-32(36-31)42-21-25-7-5-14-37(25)2/h3-4,6,8-10,18,24-25H,1,5,7,11-12,14-17,19-21H2,2H3/t24?,25-/m0/s1. The molecule has 0 N–H and O–H groups in total. The molecule has 2 atom stereocenters. The molecule has 0 saturated carbocycles. The number of nitrogens with zero attached hydrogens (tertiary/aromatic N) is 7. The summed E-state index contributed by atoms with van der Waals surface area (Å²) in [6.07, 6.45) is 4.60. The number of rotatable bonds is 7. The molecule has 0 aliphatic carbocycles. The van der Waals surface area contributed by atoms with Crippen LogP contribution in [-0.2, 0) is 17.8 Å². The van der Waals surface area contributed by atoms with Crippen LogP contribution in [0.15, 0.2) is 49.1 Å². The zero-order chi connectivity index (χ0) is 29.2. The summed E-state index contributed by atoms with van der Waals surface area (Å²) < 4.78 is 6.28. The van der Waals surface area contributed by atoms with E-state index in [0.717, 1.165) is 59.5 Å². The minimum atomic E-state index is -0.239. The summed E-state index contributed by atoms with van der Waals surface area (Å²) in [5.41, 5.74) is 3.18. The van der Waals surface area contributed by atoms with Crippen molar-refractivity contribution in [2.24, 2.45) is 0 Å². The van der Waals surface area contributed by atoms with Gasteiger partial charge in [0.05, 0.1) is 30.8 Å². The molecule has 4 heterocycles. The van der Waals surface area contributed by atoms with Crippen LogP contribution in [0.25, 0.3) is 10.8 Å². The van der Waals surface area contributed by atoms with E-state index in [1.165, 1.54) is 12.5 Å². The lowest BCUT2D eigenvalue weighted by Gasteiger charge is -2.42. The maximum atomic E-state index is 12.5. The number of aromatic nitrogens is 2. The number of amides is 1. The van der Waals surface area contributed by atoms with Crippen molar-refractivity contribution in [3.8, 4) is 12.1 Å². The van der Waals surface area contributed by atoms with Gasteiger partial charge >= 0.3 is 6.01 Å². The molecule has 3 aromatic rings. The third-order valence-corrected chi connectivity index (χ3v) is 9.06. The highest BCUT2D eigenvalue weighted by Gasteiger charge is 2.33. The van der Waals surface area contributed by atoms with E-state index in [2.05, 4.69) is 58.7 Å². The second kappa shape index (κ2) is 12.2. The van der Waals surface area contributed by atoms with Gasteiger partial charge in [0.25, 0.3) is 0 Å². The average Bonchev–Trinajstić information content (AvgIpc) is 3.43. The normalized spacial score (nSPS) is 20.8. The number of likely N-dealkylation sites (N-methyl/N-ethyl adjacent to an activating group) is 1. The topological polar surface area (TPSA) is 88.8 Å². The van der Waals surface area contributed by atoms with E-state index < -0.39 is 0 Å². The Morgan fingerprint density at radius 1 is 1.17 bits per heavy atom. The largest absolute Gasteiger partial charge is 0.462 e. The molecule has 9 nitrogen and oxygen atoms in total. The number of likely N-dealkylation sites (tertiary alicyclic amines) is 1. The average molecular weight is 586 g/mol. The Balaban J connectivity index is 1.33. The van der Waals surface area contributed by atoms with Crippen molar-refractivity contribution in [3.63, 3.8) is 0 Å². The summed E-state index contributed by atoms with van der Waals surface area (Å²) in [5, 5.41) is 12.5. The molecule has 3 aliphatic heterocycles. The zero-order valence-corrected chi connectivity index (χ0v) is 24.8. The Bertz CT molecular complexity index is 1540. The van der Waals surface area contributed by atoms with E-state index in [9.17, 15) is 10.1 Å². The van der Waals surface area contributed by atoms with Gasteiger partial charge < -0.3 is 24.3 Å². The van der Waals surface area contributed by atoms with Gasteiger partial charge in [-0.2, -0.15) is 15.2 Å². The highest BCUT2D eigenvalue weighted by atomic mass is 35.5. The van der Waals surface area contributed by atoms with E-state index in [1.807, 2.05) is 12.1 Å². The molecule has 0 radical (unpaired) electrons. The van der Waals surface area contributed by atoms with E-state index >= 15 is 0 Å². The number of piperazine rings is 1. The quantitative estimate of drug-likeness (QED) is 0.376. The summed E-state index contributed by atoms with van der Waals surface area (Å²) in [6.45, 7) is 8.32. The molecule has 10 heteroatoms. The van der Waals surface area contributed by atoms with Crippen LogP contribution in [0, 0.1) is 11.3 Å². The molecule has 1 amide bonds. The first-order chi connectivity index (χ1) is 20.4. The predicted molar refractivity (Wildman–Crippen MR) is 165 cm³/mol. The number of carbonyl (C=O) groups excluding carboxylic acids is 1. The monoisotopic (exact) mass is 585 g/mol. The number of hydrogen-bond acceptors (Lipinski definition) is 8. The van der Waals surface area contributed by atoms with Crippen molar-refractivity contribution in [3.05, 3.63) is 65.3 Å². The second-order valence-corrected chi connectivity index (χ2v) is 11.8. The first kappa shape index (κ1) is 28.3. The molecule has 0 spiro atoms. The van der Waals surface area contributed by atoms with Gasteiger partial charge in [0, 0.05) is 53.9 Å². The minimum absolute atomic E-state index is 0.143. The van der Waals surface area contributed by atoms with Crippen LogP contribution in [0.3, 0.4) is 0 Å². The molecule has 1 aromatic heterocycles. The fourth-order valence-electron chi connectivity index (χ4n) is 6.52. The van der Waals surface area contributed by atoms with Gasteiger partial charge in [-0.3, -0.25) is 4.79 Å². The fraction of sp³-hybridized carbons (Fsp3) is 0.438. The molecule has 2 saturated heterocycles. The van der Waals surface area contributed by atoms with Crippen LogP contribution in [-0.4, -0.2) is 84.1 Å². The van der Waals surface area contributed by atoms with Crippen molar-refractivity contribution in [2.45, 2.75) is 44.3 Å². The number of fused-ring (bicyclic) bond motifs is 2. The molecule has 42 heavy (non-hydrogen) atoms. The van der Waals surface area contributed by atoms with Gasteiger partial charge in [-0.05, 0) is 62.5 Å². The maximum Gasteiger partial charge on any atom is 0.318 e. The SMILES string of the molecule is C=CC(=O)N1CCN(c2nc(OC[C@@H]3CCCN3C)nc3c2CCN(c2cccc4ccc(Cl)cc24)C3)CC1CC#N. The van der Waals surface area contributed by atoms with Gasteiger partial charge in [-0.15, -0.1) is 0 Å². The van der Waals surface area contributed by atoms with Crippen LogP contribution in [0.5, 0.6) is 6.01 Å². The van der Waals surface area contributed by atoms with Crippen LogP contribution in [0.1, 0.15) is 30.5 Å². The lowest BCUT2D eigenvalue weighted by atomic mass is 10.0. The van der Waals surface area contributed by atoms with Gasteiger partial charge in [0.1, 0.15) is 12.4 Å². The van der Waals surface area contributed by atoms with Crippen molar-refractivity contribution in [1.82, 2.24) is 19.8 Å². The van der Waals surface area contributed by atoms with Gasteiger partial charge in [0.15, 0.2) is 0 Å². The molecular formula is C32H36ClN7O2. The molecule has 2 fully saturated rings. The fourth-order valence-corrected chi connectivity index (χ4v) is 6.69. The molecule has 0 bridgehead atoms. The number of anilines is 2. The second-order valence-electron chi connectivity index (χ2n) is 11.4. The lowest BCUT2D eigenvalue weighted by Crippen LogP contribution is -2.55. The molecule has 1 unspecified atom stereocenters. The summed E-state index contributed by atoms with van der Waals surface area (Å²) in [5.74, 6) is 0.708. The van der Waals surface area contributed by atoms with Gasteiger partial charge in [-0.25, -0.2) is 0 Å². The Morgan fingerprint density at radius 3 is 2.83 bits per heavy atom. The third kappa shape index (κ3) is 5.61.